The quantitative estimate of drug-likeness (QED) is 0.630. The maximum absolute atomic E-state index is 11.2. The second-order valence-electron chi connectivity index (χ2n) is 3.20. The zero-order valence-corrected chi connectivity index (χ0v) is 8.28. The fraction of sp³-hybridized carbons (Fsp3) is 0.750. The van der Waals surface area contributed by atoms with Crippen molar-refractivity contribution in [2.24, 2.45) is 0 Å². The second-order valence-corrected chi connectivity index (χ2v) is 3.20. The minimum Gasteiger partial charge on any atom is -0.480 e. The van der Waals surface area contributed by atoms with Gasteiger partial charge in [0, 0.05) is 20.0 Å². The first kappa shape index (κ1) is 11.9. The fourth-order valence-corrected chi connectivity index (χ4v) is 0.801. The van der Waals surface area contributed by atoms with E-state index in [4.69, 9.17) is 5.11 Å². The number of rotatable bonds is 5. The number of amides is 1. The van der Waals surface area contributed by atoms with Gasteiger partial charge in [-0.05, 0) is 14.1 Å². The zero-order chi connectivity index (χ0) is 10.4. The number of carbonyl (C=O) groups excluding carboxylic acids is 1. The predicted octanol–water partition coefficient (Wildman–Crippen LogP) is -0.519. The van der Waals surface area contributed by atoms with E-state index in [1.165, 1.54) is 11.9 Å². The SMILES string of the molecule is CN(C)CCC(=O)N(C)CC(=O)O. The van der Waals surface area contributed by atoms with E-state index in [9.17, 15) is 9.59 Å². The maximum Gasteiger partial charge on any atom is 0.323 e. The monoisotopic (exact) mass is 188 g/mol. The Morgan fingerprint density at radius 2 is 1.77 bits per heavy atom. The molecule has 1 N–H and O–H groups in total. The van der Waals surface area contributed by atoms with Gasteiger partial charge in [-0.25, -0.2) is 0 Å². The molecule has 0 aromatic heterocycles. The minimum atomic E-state index is -0.985. The molecular formula is C8H16N2O3. The predicted molar refractivity (Wildman–Crippen MR) is 48.4 cm³/mol. The molecule has 0 aliphatic carbocycles. The number of nitrogens with zero attached hydrogens (tertiary/aromatic N) is 2. The first-order chi connectivity index (χ1) is 5.93. The van der Waals surface area contributed by atoms with Crippen LogP contribution in [-0.4, -0.2) is 61.0 Å². The average Bonchev–Trinajstić information content (AvgIpc) is 1.98. The molecule has 0 aliphatic rings. The zero-order valence-electron chi connectivity index (χ0n) is 8.28. The lowest BCUT2D eigenvalue weighted by molar-refractivity contribution is -0.143. The van der Waals surface area contributed by atoms with E-state index in [1.807, 2.05) is 19.0 Å². The molecule has 5 heteroatoms. The molecule has 0 aromatic rings. The van der Waals surface area contributed by atoms with E-state index < -0.39 is 5.97 Å². The molecule has 0 radical (unpaired) electrons. The molecule has 1 amide bonds. The number of hydrogen-bond donors (Lipinski definition) is 1. The highest BCUT2D eigenvalue weighted by Crippen LogP contribution is 1.91. The van der Waals surface area contributed by atoms with Gasteiger partial charge < -0.3 is 14.9 Å². The number of aliphatic carboxylic acids is 1. The standard InChI is InChI=1S/C8H16N2O3/c1-9(2)5-4-7(11)10(3)6-8(12)13/h4-6H2,1-3H3,(H,12,13). The van der Waals surface area contributed by atoms with Gasteiger partial charge in [-0.15, -0.1) is 0 Å². The van der Waals surface area contributed by atoms with E-state index in [0.717, 1.165) is 0 Å². The summed E-state index contributed by atoms with van der Waals surface area (Å²) in [4.78, 5) is 24.6. The van der Waals surface area contributed by atoms with Crippen molar-refractivity contribution in [3.8, 4) is 0 Å². The summed E-state index contributed by atoms with van der Waals surface area (Å²) in [5, 5.41) is 8.41. The Kier molecular flexibility index (Phi) is 5.06. The Morgan fingerprint density at radius 1 is 1.23 bits per heavy atom. The van der Waals surface area contributed by atoms with Crippen LogP contribution in [0.15, 0.2) is 0 Å². The average molecular weight is 188 g/mol. The number of carboxylic acid groups (broad SMARTS) is 1. The van der Waals surface area contributed by atoms with E-state index in [1.54, 1.807) is 0 Å². The van der Waals surface area contributed by atoms with Crippen LogP contribution in [-0.2, 0) is 9.59 Å². The third-order valence-corrected chi connectivity index (χ3v) is 1.57. The molecule has 0 atom stereocenters. The molecule has 0 heterocycles. The molecular weight excluding hydrogens is 172 g/mol. The first-order valence-corrected chi connectivity index (χ1v) is 4.04. The van der Waals surface area contributed by atoms with E-state index in [-0.39, 0.29) is 12.5 Å². The van der Waals surface area contributed by atoms with Crippen molar-refractivity contribution in [1.29, 1.82) is 0 Å². The maximum atomic E-state index is 11.2. The molecule has 0 aromatic carbocycles. The Bertz CT molecular complexity index is 192. The lowest BCUT2D eigenvalue weighted by Crippen LogP contribution is -2.33. The van der Waals surface area contributed by atoms with Crippen molar-refractivity contribution < 1.29 is 14.7 Å². The van der Waals surface area contributed by atoms with E-state index in [2.05, 4.69) is 0 Å². The van der Waals surface area contributed by atoms with Gasteiger partial charge in [0.05, 0.1) is 0 Å². The van der Waals surface area contributed by atoms with Crippen molar-refractivity contribution in [3.63, 3.8) is 0 Å². The topological polar surface area (TPSA) is 60.9 Å². The second kappa shape index (κ2) is 5.53. The summed E-state index contributed by atoms with van der Waals surface area (Å²) in [6.45, 7) is 0.412. The molecule has 5 nitrogen and oxygen atoms in total. The summed E-state index contributed by atoms with van der Waals surface area (Å²) >= 11 is 0. The van der Waals surface area contributed by atoms with Crippen LogP contribution in [0.3, 0.4) is 0 Å². The lowest BCUT2D eigenvalue weighted by Gasteiger charge is -2.16. The first-order valence-electron chi connectivity index (χ1n) is 4.04. The molecule has 0 aliphatic heterocycles. The number of carboxylic acids is 1. The summed E-state index contributed by atoms with van der Waals surface area (Å²) in [6, 6.07) is 0. The highest BCUT2D eigenvalue weighted by atomic mass is 16.4. The molecule has 0 unspecified atom stereocenters. The Hall–Kier alpha value is -1.10. The fourth-order valence-electron chi connectivity index (χ4n) is 0.801. The third kappa shape index (κ3) is 6.10. The minimum absolute atomic E-state index is 0.142. The van der Waals surface area contributed by atoms with Crippen LogP contribution < -0.4 is 0 Å². The van der Waals surface area contributed by atoms with Crippen LogP contribution in [0.1, 0.15) is 6.42 Å². The van der Waals surface area contributed by atoms with E-state index in [0.29, 0.717) is 13.0 Å². The molecule has 0 fully saturated rings. The summed E-state index contributed by atoms with van der Waals surface area (Å²) < 4.78 is 0. The molecule has 0 saturated heterocycles. The van der Waals surface area contributed by atoms with Crippen molar-refractivity contribution >= 4 is 11.9 Å². The highest BCUT2D eigenvalue weighted by Gasteiger charge is 2.11. The lowest BCUT2D eigenvalue weighted by atomic mass is 10.3. The van der Waals surface area contributed by atoms with Gasteiger partial charge in [0.25, 0.3) is 0 Å². The molecule has 0 saturated carbocycles. The van der Waals surface area contributed by atoms with Crippen LogP contribution >= 0.6 is 0 Å². The summed E-state index contributed by atoms with van der Waals surface area (Å²) in [6.07, 6.45) is 0.358. The highest BCUT2D eigenvalue weighted by molar-refractivity contribution is 5.81. The summed E-state index contributed by atoms with van der Waals surface area (Å²) in [7, 11) is 5.22. The van der Waals surface area contributed by atoms with Crippen molar-refractivity contribution in [2.75, 3.05) is 34.2 Å². The molecule has 0 rings (SSSR count). The molecule has 76 valence electrons. The van der Waals surface area contributed by atoms with Gasteiger partial charge in [0.15, 0.2) is 0 Å². The number of hydrogen-bond acceptors (Lipinski definition) is 3. The molecule has 0 bridgehead atoms. The number of carbonyl (C=O) groups is 2. The largest absolute Gasteiger partial charge is 0.480 e. The Labute approximate surface area is 77.9 Å². The molecule has 0 spiro atoms. The normalized spacial score (nSPS) is 10.2. The van der Waals surface area contributed by atoms with Crippen LogP contribution in [0.2, 0.25) is 0 Å². The molecule has 13 heavy (non-hydrogen) atoms. The van der Waals surface area contributed by atoms with Crippen molar-refractivity contribution in [3.05, 3.63) is 0 Å². The van der Waals surface area contributed by atoms with Crippen LogP contribution in [0.5, 0.6) is 0 Å². The van der Waals surface area contributed by atoms with Gasteiger partial charge in [-0.2, -0.15) is 0 Å². The van der Waals surface area contributed by atoms with Crippen molar-refractivity contribution in [1.82, 2.24) is 9.80 Å². The van der Waals surface area contributed by atoms with Gasteiger partial charge in [-0.3, -0.25) is 9.59 Å². The van der Waals surface area contributed by atoms with Gasteiger partial charge in [0.2, 0.25) is 5.91 Å². The smallest absolute Gasteiger partial charge is 0.323 e. The van der Waals surface area contributed by atoms with Gasteiger partial charge in [0.1, 0.15) is 6.54 Å². The number of likely N-dealkylation sites (N-methyl/N-ethyl adjacent to an activating group) is 1. The van der Waals surface area contributed by atoms with E-state index >= 15 is 0 Å². The van der Waals surface area contributed by atoms with Crippen LogP contribution in [0.4, 0.5) is 0 Å². The van der Waals surface area contributed by atoms with Gasteiger partial charge in [-0.1, -0.05) is 0 Å². The summed E-state index contributed by atoms with van der Waals surface area (Å²) in [5.41, 5.74) is 0. The Balaban J connectivity index is 3.76. The van der Waals surface area contributed by atoms with Crippen LogP contribution in [0.25, 0.3) is 0 Å². The summed E-state index contributed by atoms with van der Waals surface area (Å²) in [5.74, 6) is -1.13. The Morgan fingerprint density at radius 3 is 2.15 bits per heavy atom. The van der Waals surface area contributed by atoms with Crippen LogP contribution in [0, 0.1) is 0 Å². The third-order valence-electron chi connectivity index (χ3n) is 1.57. The van der Waals surface area contributed by atoms with Gasteiger partial charge >= 0.3 is 5.97 Å². The van der Waals surface area contributed by atoms with Crippen molar-refractivity contribution in [2.45, 2.75) is 6.42 Å².